The molecule has 158 valence electrons. The quantitative estimate of drug-likeness (QED) is 0.799. The van der Waals surface area contributed by atoms with E-state index < -0.39 is 5.82 Å². The Labute approximate surface area is 181 Å². The van der Waals surface area contributed by atoms with Crippen molar-refractivity contribution >= 4 is 23.4 Å². The number of hydrogen-bond acceptors (Lipinski definition) is 4. The van der Waals surface area contributed by atoms with E-state index in [1.54, 1.807) is 30.1 Å². The lowest BCUT2D eigenvalue weighted by Gasteiger charge is -2.47. The van der Waals surface area contributed by atoms with Crippen molar-refractivity contribution in [3.8, 4) is 0 Å². The molecule has 6 heteroatoms. The highest BCUT2D eigenvalue weighted by atomic mass is 32.2. The fourth-order valence-corrected chi connectivity index (χ4v) is 6.60. The summed E-state index contributed by atoms with van der Waals surface area (Å²) in [5.74, 6) is 0.890. The number of para-hydroxylation sites is 1. The van der Waals surface area contributed by atoms with Crippen LogP contribution in [0.1, 0.15) is 41.1 Å². The summed E-state index contributed by atoms with van der Waals surface area (Å²) >= 11 is 1.97. The lowest BCUT2D eigenvalue weighted by molar-refractivity contribution is 0.0771. The zero-order valence-corrected chi connectivity index (χ0v) is 18.2. The van der Waals surface area contributed by atoms with Gasteiger partial charge in [-0.15, -0.1) is 11.8 Å². The second kappa shape index (κ2) is 7.89. The Morgan fingerprint density at radius 3 is 3.03 bits per heavy atom. The molecule has 3 aliphatic rings. The lowest BCUT2D eigenvalue weighted by atomic mass is 9.74. The summed E-state index contributed by atoms with van der Waals surface area (Å²) < 4.78 is 14.1. The Hall–Kier alpha value is -2.05. The van der Waals surface area contributed by atoms with Gasteiger partial charge in [0.15, 0.2) is 0 Å². The van der Waals surface area contributed by atoms with Crippen molar-refractivity contribution < 1.29 is 9.18 Å². The van der Waals surface area contributed by atoms with Gasteiger partial charge in [0.25, 0.3) is 5.91 Å². The first-order valence-corrected chi connectivity index (χ1v) is 11.8. The van der Waals surface area contributed by atoms with Crippen LogP contribution in [0.4, 0.5) is 10.1 Å². The highest BCUT2D eigenvalue weighted by Crippen LogP contribution is 2.56. The molecule has 0 unspecified atom stereocenters. The van der Waals surface area contributed by atoms with Gasteiger partial charge in [0.2, 0.25) is 0 Å². The minimum absolute atomic E-state index is 0.0261. The summed E-state index contributed by atoms with van der Waals surface area (Å²) in [4.78, 5) is 18.6. The van der Waals surface area contributed by atoms with Crippen LogP contribution in [0.3, 0.4) is 0 Å². The molecule has 0 aromatic heterocycles. The molecular formula is C24H28FN3OS. The predicted octanol–water partition coefficient (Wildman–Crippen LogP) is 4.12. The topological polar surface area (TPSA) is 35.6 Å². The van der Waals surface area contributed by atoms with Crippen molar-refractivity contribution in [2.45, 2.75) is 35.6 Å². The summed E-state index contributed by atoms with van der Waals surface area (Å²) in [7, 11) is 1.80. The second-order valence-electron chi connectivity index (χ2n) is 8.61. The minimum Gasteiger partial charge on any atom is -0.364 e. The molecule has 2 atom stereocenters. The van der Waals surface area contributed by atoms with Gasteiger partial charge >= 0.3 is 0 Å². The number of amides is 1. The number of fused-ring (bicyclic) bond motifs is 3. The molecule has 3 heterocycles. The number of hydrogen-bond donors (Lipinski definition) is 1. The van der Waals surface area contributed by atoms with Crippen LogP contribution in [0.5, 0.6) is 0 Å². The largest absolute Gasteiger partial charge is 0.364 e. The maximum absolute atomic E-state index is 14.1. The van der Waals surface area contributed by atoms with E-state index in [-0.39, 0.29) is 17.0 Å². The SMILES string of the molecule is CN(CC[C@@]12CCNC[C@H]1c1cccc3c1N2CCCS3)C(=O)c1ccccc1F. The number of nitrogens with one attached hydrogen (secondary N) is 1. The molecule has 5 rings (SSSR count). The van der Waals surface area contributed by atoms with Gasteiger partial charge < -0.3 is 15.1 Å². The number of nitrogens with zero attached hydrogens (tertiary/aromatic N) is 2. The molecule has 0 saturated carbocycles. The van der Waals surface area contributed by atoms with E-state index in [1.165, 1.54) is 28.6 Å². The monoisotopic (exact) mass is 425 g/mol. The summed E-state index contributed by atoms with van der Waals surface area (Å²) in [5.41, 5.74) is 3.06. The molecule has 4 nitrogen and oxygen atoms in total. The van der Waals surface area contributed by atoms with E-state index in [1.807, 2.05) is 11.8 Å². The van der Waals surface area contributed by atoms with E-state index in [9.17, 15) is 9.18 Å². The molecule has 3 aliphatic heterocycles. The zero-order chi connectivity index (χ0) is 20.7. The number of halogens is 1. The molecule has 0 radical (unpaired) electrons. The Bertz CT molecular complexity index is 967. The van der Waals surface area contributed by atoms with Crippen LogP contribution < -0.4 is 10.2 Å². The number of benzene rings is 2. The van der Waals surface area contributed by atoms with Crippen LogP contribution in [0.25, 0.3) is 0 Å². The molecule has 2 aromatic carbocycles. The van der Waals surface area contributed by atoms with Gasteiger partial charge in [-0.25, -0.2) is 4.39 Å². The third-order valence-electron chi connectivity index (χ3n) is 7.06. The Balaban J connectivity index is 1.43. The van der Waals surface area contributed by atoms with E-state index >= 15 is 0 Å². The Kier molecular flexibility index (Phi) is 5.23. The molecule has 2 aromatic rings. The van der Waals surface area contributed by atoms with Crippen LogP contribution >= 0.6 is 11.8 Å². The molecule has 0 bridgehead atoms. The first-order valence-electron chi connectivity index (χ1n) is 10.9. The average molecular weight is 426 g/mol. The Morgan fingerprint density at radius 1 is 1.30 bits per heavy atom. The van der Waals surface area contributed by atoms with Crippen LogP contribution in [0.15, 0.2) is 47.4 Å². The molecule has 1 amide bonds. The summed E-state index contributed by atoms with van der Waals surface area (Å²) in [6.07, 6.45) is 3.14. The number of piperidine rings is 1. The van der Waals surface area contributed by atoms with Crippen molar-refractivity contribution in [2.75, 3.05) is 43.9 Å². The molecule has 1 fully saturated rings. The third-order valence-corrected chi connectivity index (χ3v) is 8.19. The first kappa shape index (κ1) is 19.9. The summed E-state index contributed by atoms with van der Waals surface area (Å²) in [6, 6.07) is 13.0. The lowest BCUT2D eigenvalue weighted by Crippen LogP contribution is -2.57. The van der Waals surface area contributed by atoms with Crippen molar-refractivity contribution in [1.82, 2.24) is 10.2 Å². The van der Waals surface area contributed by atoms with Crippen molar-refractivity contribution in [1.29, 1.82) is 0 Å². The fourth-order valence-electron chi connectivity index (χ4n) is 5.56. The van der Waals surface area contributed by atoms with Crippen LogP contribution in [-0.4, -0.2) is 55.3 Å². The maximum atomic E-state index is 14.1. The average Bonchev–Trinajstić information content (AvgIpc) is 2.88. The summed E-state index contributed by atoms with van der Waals surface area (Å²) in [6.45, 7) is 3.66. The Morgan fingerprint density at radius 2 is 2.17 bits per heavy atom. The van der Waals surface area contributed by atoms with Gasteiger partial charge in [0, 0.05) is 37.5 Å². The van der Waals surface area contributed by atoms with Crippen molar-refractivity contribution in [3.63, 3.8) is 0 Å². The van der Waals surface area contributed by atoms with Gasteiger partial charge in [0.05, 0.1) is 16.8 Å². The molecule has 1 N–H and O–H groups in total. The predicted molar refractivity (Wildman–Crippen MR) is 120 cm³/mol. The van der Waals surface area contributed by atoms with Gasteiger partial charge in [-0.2, -0.15) is 0 Å². The van der Waals surface area contributed by atoms with Crippen LogP contribution in [0, 0.1) is 5.82 Å². The van der Waals surface area contributed by atoms with Crippen LogP contribution in [-0.2, 0) is 0 Å². The second-order valence-corrected chi connectivity index (χ2v) is 9.75. The van der Waals surface area contributed by atoms with Gasteiger partial charge in [0.1, 0.15) is 5.82 Å². The smallest absolute Gasteiger partial charge is 0.256 e. The van der Waals surface area contributed by atoms with E-state index in [0.29, 0.717) is 12.5 Å². The number of anilines is 1. The van der Waals surface area contributed by atoms with Gasteiger partial charge in [-0.1, -0.05) is 24.3 Å². The highest BCUT2D eigenvalue weighted by Gasteiger charge is 2.53. The third kappa shape index (κ3) is 3.12. The molecular weight excluding hydrogens is 397 g/mol. The zero-order valence-electron chi connectivity index (χ0n) is 17.4. The van der Waals surface area contributed by atoms with Gasteiger partial charge in [-0.05, 0) is 55.3 Å². The number of rotatable bonds is 4. The molecule has 30 heavy (non-hydrogen) atoms. The summed E-state index contributed by atoms with van der Waals surface area (Å²) in [5, 5.41) is 3.60. The van der Waals surface area contributed by atoms with E-state index in [2.05, 4.69) is 28.4 Å². The van der Waals surface area contributed by atoms with Gasteiger partial charge in [-0.3, -0.25) is 4.79 Å². The van der Waals surface area contributed by atoms with Crippen molar-refractivity contribution in [3.05, 3.63) is 59.4 Å². The molecule has 0 aliphatic carbocycles. The number of carbonyl (C=O) groups excluding carboxylic acids is 1. The first-order chi connectivity index (χ1) is 14.6. The standard InChI is InChI=1S/C24H28FN3OS/c1-27(23(29)18-6-2-3-8-20(18)25)14-11-24-10-12-26-16-19(24)17-7-4-9-21-22(17)28(24)13-5-15-30-21/h2-4,6-9,19,26H,5,10-16H2,1H3/t19-,24-/m0/s1. The van der Waals surface area contributed by atoms with E-state index in [0.717, 1.165) is 38.2 Å². The maximum Gasteiger partial charge on any atom is 0.256 e. The van der Waals surface area contributed by atoms with Crippen LogP contribution in [0.2, 0.25) is 0 Å². The molecule has 0 spiro atoms. The molecule has 1 saturated heterocycles. The fraction of sp³-hybridized carbons (Fsp3) is 0.458. The number of carbonyl (C=O) groups is 1. The highest BCUT2D eigenvalue weighted by molar-refractivity contribution is 7.99. The van der Waals surface area contributed by atoms with Crippen molar-refractivity contribution in [2.24, 2.45) is 0 Å². The van der Waals surface area contributed by atoms with E-state index in [4.69, 9.17) is 0 Å². The number of thioether (sulfide) groups is 1. The minimum atomic E-state index is -0.449. The normalized spacial score (nSPS) is 24.7.